The molecule has 21 heavy (non-hydrogen) atoms. The smallest absolute Gasteiger partial charge is 0.0692 e. The van der Waals surface area contributed by atoms with Gasteiger partial charge in [-0.25, -0.2) is 0 Å². The van der Waals surface area contributed by atoms with E-state index in [1.54, 1.807) is 0 Å². The minimum atomic E-state index is 0.104. The van der Waals surface area contributed by atoms with Gasteiger partial charge in [0.1, 0.15) is 0 Å². The second-order valence-electron chi connectivity index (χ2n) is 6.33. The lowest BCUT2D eigenvalue weighted by Crippen LogP contribution is -2.49. The predicted molar refractivity (Wildman–Crippen MR) is 92.7 cm³/mol. The van der Waals surface area contributed by atoms with Crippen molar-refractivity contribution in [3.63, 3.8) is 0 Å². The standard InChI is InChI=1S/C18H28BrNO/c1-4-18(5-2)13-17(10-11-21-18)20-14(3)12-15-6-8-16(19)9-7-15/h6-9,14,17,20H,4-5,10-13H2,1-3H3. The fourth-order valence-electron chi connectivity index (χ4n) is 3.35. The van der Waals surface area contributed by atoms with Crippen molar-refractivity contribution in [2.45, 2.75) is 70.6 Å². The molecule has 2 rings (SSSR count). The largest absolute Gasteiger partial charge is 0.375 e. The van der Waals surface area contributed by atoms with Gasteiger partial charge in [0.15, 0.2) is 0 Å². The van der Waals surface area contributed by atoms with E-state index in [2.05, 4.69) is 66.3 Å². The summed E-state index contributed by atoms with van der Waals surface area (Å²) in [7, 11) is 0. The molecule has 1 aromatic carbocycles. The van der Waals surface area contributed by atoms with Crippen LogP contribution in [0.1, 0.15) is 52.0 Å². The molecule has 1 fully saturated rings. The number of halogens is 1. The molecule has 2 unspecified atom stereocenters. The van der Waals surface area contributed by atoms with Crippen LogP contribution < -0.4 is 5.32 Å². The molecule has 1 aliphatic heterocycles. The van der Waals surface area contributed by atoms with E-state index in [0.717, 1.165) is 43.2 Å². The molecule has 0 saturated carbocycles. The van der Waals surface area contributed by atoms with Crippen LogP contribution in [0.3, 0.4) is 0 Å². The highest BCUT2D eigenvalue weighted by Crippen LogP contribution is 2.31. The fraction of sp³-hybridized carbons (Fsp3) is 0.667. The lowest BCUT2D eigenvalue weighted by Gasteiger charge is -2.41. The van der Waals surface area contributed by atoms with Gasteiger partial charge in [0.05, 0.1) is 5.60 Å². The number of ether oxygens (including phenoxy) is 1. The zero-order valence-corrected chi connectivity index (χ0v) is 15.1. The molecule has 2 atom stereocenters. The quantitative estimate of drug-likeness (QED) is 0.799. The second-order valence-corrected chi connectivity index (χ2v) is 7.24. The molecular formula is C18H28BrNO. The van der Waals surface area contributed by atoms with E-state index in [4.69, 9.17) is 4.74 Å². The average Bonchev–Trinajstić information content (AvgIpc) is 2.49. The van der Waals surface area contributed by atoms with E-state index in [9.17, 15) is 0 Å². The van der Waals surface area contributed by atoms with Gasteiger partial charge < -0.3 is 10.1 Å². The van der Waals surface area contributed by atoms with Crippen LogP contribution in [0.4, 0.5) is 0 Å². The highest BCUT2D eigenvalue weighted by atomic mass is 79.9. The number of nitrogens with one attached hydrogen (secondary N) is 1. The van der Waals surface area contributed by atoms with Crippen LogP contribution in [0.2, 0.25) is 0 Å². The molecule has 1 aromatic rings. The third kappa shape index (κ3) is 4.80. The summed E-state index contributed by atoms with van der Waals surface area (Å²) in [4.78, 5) is 0. The normalized spacial score (nSPS) is 23.0. The molecule has 0 bridgehead atoms. The first-order chi connectivity index (χ1) is 10.1. The summed E-state index contributed by atoms with van der Waals surface area (Å²) in [6.45, 7) is 7.68. The molecule has 1 aliphatic rings. The predicted octanol–water partition coefficient (Wildman–Crippen LogP) is 4.71. The Kier molecular flexibility index (Phi) is 6.27. The van der Waals surface area contributed by atoms with Crippen molar-refractivity contribution in [2.24, 2.45) is 0 Å². The molecule has 0 aliphatic carbocycles. The van der Waals surface area contributed by atoms with Crippen molar-refractivity contribution in [3.05, 3.63) is 34.3 Å². The molecule has 0 amide bonds. The maximum Gasteiger partial charge on any atom is 0.0692 e. The Morgan fingerprint density at radius 2 is 1.95 bits per heavy atom. The van der Waals surface area contributed by atoms with Crippen molar-refractivity contribution in [3.8, 4) is 0 Å². The number of hydrogen-bond donors (Lipinski definition) is 1. The summed E-state index contributed by atoms with van der Waals surface area (Å²) in [5, 5.41) is 3.81. The first-order valence-corrected chi connectivity index (χ1v) is 9.00. The van der Waals surface area contributed by atoms with Gasteiger partial charge >= 0.3 is 0 Å². The molecule has 3 heteroatoms. The Labute approximate surface area is 137 Å². The highest BCUT2D eigenvalue weighted by Gasteiger charge is 2.34. The number of benzene rings is 1. The van der Waals surface area contributed by atoms with Crippen LogP contribution in [-0.2, 0) is 11.2 Å². The van der Waals surface area contributed by atoms with Gasteiger partial charge in [-0.2, -0.15) is 0 Å². The maximum atomic E-state index is 6.06. The molecule has 0 radical (unpaired) electrons. The zero-order valence-electron chi connectivity index (χ0n) is 13.5. The van der Waals surface area contributed by atoms with Crippen molar-refractivity contribution in [1.29, 1.82) is 0 Å². The van der Waals surface area contributed by atoms with Crippen LogP contribution >= 0.6 is 15.9 Å². The van der Waals surface area contributed by atoms with Crippen molar-refractivity contribution in [1.82, 2.24) is 5.32 Å². The SMILES string of the molecule is CCC1(CC)CC(NC(C)Cc2ccc(Br)cc2)CCO1. The van der Waals surface area contributed by atoms with Gasteiger partial charge in [-0.15, -0.1) is 0 Å². The van der Waals surface area contributed by atoms with E-state index in [1.807, 2.05) is 0 Å². The Balaban J connectivity index is 1.87. The fourth-order valence-corrected chi connectivity index (χ4v) is 3.61. The number of hydrogen-bond acceptors (Lipinski definition) is 2. The summed E-state index contributed by atoms with van der Waals surface area (Å²) >= 11 is 3.49. The van der Waals surface area contributed by atoms with E-state index < -0.39 is 0 Å². The highest BCUT2D eigenvalue weighted by molar-refractivity contribution is 9.10. The van der Waals surface area contributed by atoms with Crippen LogP contribution in [0.15, 0.2) is 28.7 Å². The van der Waals surface area contributed by atoms with E-state index in [0.29, 0.717) is 12.1 Å². The molecule has 1 saturated heterocycles. The van der Waals surface area contributed by atoms with Crippen molar-refractivity contribution in [2.75, 3.05) is 6.61 Å². The molecule has 118 valence electrons. The Hall–Kier alpha value is -0.380. The van der Waals surface area contributed by atoms with Crippen molar-refractivity contribution >= 4 is 15.9 Å². The molecular weight excluding hydrogens is 326 g/mol. The minimum Gasteiger partial charge on any atom is -0.375 e. The number of rotatable bonds is 6. The summed E-state index contributed by atoms with van der Waals surface area (Å²) in [6, 6.07) is 9.74. The van der Waals surface area contributed by atoms with Crippen LogP contribution in [0.25, 0.3) is 0 Å². The molecule has 1 N–H and O–H groups in total. The van der Waals surface area contributed by atoms with Crippen LogP contribution in [0, 0.1) is 0 Å². The third-order valence-corrected chi connectivity index (χ3v) is 5.29. The Morgan fingerprint density at radius 1 is 1.29 bits per heavy atom. The van der Waals surface area contributed by atoms with Crippen molar-refractivity contribution < 1.29 is 4.74 Å². The summed E-state index contributed by atoms with van der Waals surface area (Å²) < 4.78 is 7.21. The van der Waals surface area contributed by atoms with Gasteiger partial charge in [-0.3, -0.25) is 0 Å². The van der Waals surface area contributed by atoms with Gasteiger partial charge in [0.25, 0.3) is 0 Å². The lowest BCUT2D eigenvalue weighted by atomic mass is 9.85. The lowest BCUT2D eigenvalue weighted by molar-refractivity contribution is -0.0939. The van der Waals surface area contributed by atoms with Gasteiger partial charge in [-0.05, 0) is 56.7 Å². The Bertz CT molecular complexity index is 427. The van der Waals surface area contributed by atoms with E-state index in [-0.39, 0.29) is 5.60 Å². The topological polar surface area (TPSA) is 21.3 Å². The molecule has 1 heterocycles. The van der Waals surface area contributed by atoms with Gasteiger partial charge in [0.2, 0.25) is 0 Å². The van der Waals surface area contributed by atoms with Gasteiger partial charge in [0, 0.05) is 23.2 Å². The maximum absolute atomic E-state index is 6.06. The average molecular weight is 354 g/mol. The Morgan fingerprint density at radius 3 is 2.57 bits per heavy atom. The monoisotopic (exact) mass is 353 g/mol. The first kappa shape index (κ1) is 17.0. The first-order valence-electron chi connectivity index (χ1n) is 8.21. The van der Waals surface area contributed by atoms with Crippen LogP contribution in [-0.4, -0.2) is 24.3 Å². The molecule has 0 spiro atoms. The molecule has 0 aromatic heterocycles. The van der Waals surface area contributed by atoms with E-state index >= 15 is 0 Å². The summed E-state index contributed by atoms with van der Waals surface area (Å²) in [6.07, 6.45) is 5.58. The van der Waals surface area contributed by atoms with E-state index in [1.165, 1.54) is 5.56 Å². The third-order valence-electron chi connectivity index (χ3n) is 4.76. The summed E-state index contributed by atoms with van der Waals surface area (Å²) in [5.74, 6) is 0. The second kappa shape index (κ2) is 7.75. The minimum absolute atomic E-state index is 0.104. The molecule has 2 nitrogen and oxygen atoms in total. The van der Waals surface area contributed by atoms with Gasteiger partial charge in [-0.1, -0.05) is 41.9 Å². The zero-order chi connectivity index (χ0) is 15.3. The summed E-state index contributed by atoms with van der Waals surface area (Å²) in [5.41, 5.74) is 1.50. The van der Waals surface area contributed by atoms with Crippen LogP contribution in [0.5, 0.6) is 0 Å².